The quantitative estimate of drug-likeness (QED) is 0.800. The van der Waals surface area contributed by atoms with E-state index in [4.69, 9.17) is 5.11 Å². The van der Waals surface area contributed by atoms with E-state index in [0.717, 1.165) is 20.5 Å². The van der Waals surface area contributed by atoms with Crippen LogP contribution in [0.3, 0.4) is 0 Å². The number of nitrogens with one attached hydrogen (secondary N) is 1. The van der Waals surface area contributed by atoms with Crippen LogP contribution in [-0.4, -0.2) is 17.0 Å². The Balaban J connectivity index is 1.80. The van der Waals surface area contributed by atoms with Crippen molar-refractivity contribution in [2.24, 2.45) is 0 Å². The number of hydrogen-bond donors (Lipinski definition) is 2. The second-order valence-electron chi connectivity index (χ2n) is 4.93. The molecule has 0 saturated heterocycles. The highest BCUT2D eigenvalue weighted by atomic mass is 79.9. The van der Waals surface area contributed by atoms with E-state index in [1.807, 2.05) is 19.1 Å². The van der Waals surface area contributed by atoms with Crippen LogP contribution in [0.1, 0.15) is 32.1 Å². The monoisotopic (exact) mass is 381 g/mol. The van der Waals surface area contributed by atoms with Gasteiger partial charge < -0.3 is 10.4 Å². The van der Waals surface area contributed by atoms with Gasteiger partial charge in [0.2, 0.25) is 5.91 Å². The van der Waals surface area contributed by atoms with Gasteiger partial charge in [0.25, 0.3) is 0 Å². The van der Waals surface area contributed by atoms with E-state index in [9.17, 15) is 9.59 Å². The van der Waals surface area contributed by atoms with E-state index in [1.165, 1.54) is 11.3 Å². The molecule has 1 aromatic heterocycles. The van der Waals surface area contributed by atoms with Crippen molar-refractivity contribution in [2.75, 3.05) is 0 Å². The van der Waals surface area contributed by atoms with Gasteiger partial charge in [-0.1, -0.05) is 28.1 Å². The molecule has 2 N–H and O–H groups in total. The van der Waals surface area contributed by atoms with Crippen molar-refractivity contribution in [3.05, 3.63) is 55.7 Å². The summed E-state index contributed by atoms with van der Waals surface area (Å²) in [4.78, 5) is 23.8. The summed E-state index contributed by atoms with van der Waals surface area (Å²) in [7, 11) is 0. The van der Waals surface area contributed by atoms with Crippen LogP contribution in [0.15, 0.2) is 34.8 Å². The first-order valence-electron chi connectivity index (χ1n) is 6.79. The molecule has 0 aliphatic carbocycles. The number of carboxylic acid groups (broad SMARTS) is 1. The number of carboxylic acids is 1. The van der Waals surface area contributed by atoms with Crippen LogP contribution in [0.4, 0.5) is 0 Å². The van der Waals surface area contributed by atoms with Gasteiger partial charge in [-0.05, 0) is 42.7 Å². The number of hydrogen-bond acceptors (Lipinski definition) is 3. The third-order valence-corrected chi connectivity index (χ3v) is 5.16. The fraction of sp³-hybridized carbons (Fsp3) is 0.250. The van der Waals surface area contributed by atoms with Gasteiger partial charge in [-0.15, -0.1) is 11.3 Å². The Morgan fingerprint density at radius 1 is 1.27 bits per heavy atom. The van der Waals surface area contributed by atoms with Crippen LogP contribution in [0.2, 0.25) is 0 Å². The van der Waals surface area contributed by atoms with E-state index in [0.29, 0.717) is 19.4 Å². The van der Waals surface area contributed by atoms with Crippen LogP contribution >= 0.6 is 27.3 Å². The van der Waals surface area contributed by atoms with Crippen molar-refractivity contribution in [3.63, 3.8) is 0 Å². The molecule has 1 aromatic carbocycles. The zero-order chi connectivity index (χ0) is 16.1. The summed E-state index contributed by atoms with van der Waals surface area (Å²) in [5, 5.41) is 11.7. The normalized spacial score (nSPS) is 10.5. The maximum Gasteiger partial charge on any atom is 0.345 e. The molecular weight excluding hydrogens is 366 g/mol. The SMILES string of the molecule is Cc1cc(CCC(=O)NCc2ccc(C(=O)O)s2)ccc1Br. The Bertz CT molecular complexity index is 696. The number of benzene rings is 1. The van der Waals surface area contributed by atoms with E-state index in [1.54, 1.807) is 12.1 Å². The highest BCUT2D eigenvalue weighted by Gasteiger charge is 2.08. The molecule has 22 heavy (non-hydrogen) atoms. The van der Waals surface area contributed by atoms with E-state index in [2.05, 4.69) is 27.3 Å². The Hall–Kier alpha value is -1.66. The third-order valence-electron chi connectivity index (χ3n) is 3.20. The molecule has 1 heterocycles. The lowest BCUT2D eigenvalue weighted by Crippen LogP contribution is -2.22. The number of amides is 1. The lowest BCUT2D eigenvalue weighted by molar-refractivity contribution is -0.121. The van der Waals surface area contributed by atoms with Crippen molar-refractivity contribution in [1.82, 2.24) is 5.32 Å². The van der Waals surface area contributed by atoms with Crippen molar-refractivity contribution < 1.29 is 14.7 Å². The van der Waals surface area contributed by atoms with Crippen molar-refractivity contribution >= 4 is 39.1 Å². The molecule has 0 fully saturated rings. The molecule has 116 valence electrons. The summed E-state index contributed by atoms with van der Waals surface area (Å²) in [5.41, 5.74) is 2.28. The van der Waals surface area contributed by atoms with Crippen molar-refractivity contribution in [2.45, 2.75) is 26.3 Å². The Morgan fingerprint density at radius 2 is 2.05 bits per heavy atom. The van der Waals surface area contributed by atoms with E-state index in [-0.39, 0.29) is 10.8 Å². The minimum absolute atomic E-state index is 0.0363. The predicted octanol–water partition coefficient (Wildman–Crippen LogP) is 3.77. The van der Waals surface area contributed by atoms with Crippen molar-refractivity contribution in [3.8, 4) is 0 Å². The fourth-order valence-electron chi connectivity index (χ4n) is 1.98. The molecule has 2 aromatic rings. The predicted molar refractivity (Wildman–Crippen MR) is 90.3 cm³/mol. The summed E-state index contributed by atoms with van der Waals surface area (Å²) in [5.74, 6) is -0.973. The summed E-state index contributed by atoms with van der Waals surface area (Å²) < 4.78 is 1.06. The minimum atomic E-state index is -0.937. The van der Waals surface area contributed by atoms with Crippen molar-refractivity contribution in [1.29, 1.82) is 0 Å². The lowest BCUT2D eigenvalue weighted by Gasteiger charge is -2.05. The van der Waals surface area contributed by atoms with Gasteiger partial charge in [-0.2, -0.15) is 0 Å². The molecule has 0 saturated carbocycles. The summed E-state index contributed by atoms with van der Waals surface area (Å²) in [6.45, 7) is 2.39. The van der Waals surface area contributed by atoms with Crippen LogP contribution < -0.4 is 5.32 Å². The maximum absolute atomic E-state index is 11.9. The average molecular weight is 382 g/mol. The Morgan fingerprint density at radius 3 is 2.68 bits per heavy atom. The highest BCUT2D eigenvalue weighted by Crippen LogP contribution is 2.18. The number of aryl methyl sites for hydroxylation is 2. The second-order valence-corrected chi connectivity index (χ2v) is 6.95. The Kier molecular flexibility index (Phi) is 5.74. The van der Waals surface area contributed by atoms with Gasteiger partial charge >= 0.3 is 5.97 Å². The number of rotatable bonds is 6. The largest absolute Gasteiger partial charge is 0.477 e. The smallest absolute Gasteiger partial charge is 0.345 e. The zero-order valence-corrected chi connectivity index (χ0v) is 14.5. The summed E-state index contributed by atoms with van der Waals surface area (Å²) in [6.07, 6.45) is 1.10. The maximum atomic E-state index is 11.9. The first kappa shape index (κ1) is 16.7. The molecule has 0 spiro atoms. The second kappa shape index (κ2) is 7.56. The molecule has 2 rings (SSSR count). The zero-order valence-electron chi connectivity index (χ0n) is 12.1. The van der Waals surface area contributed by atoms with Gasteiger partial charge in [0.1, 0.15) is 4.88 Å². The van der Waals surface area contributed by atoms with Gasteiger partial charge in [0.15, 0.2) is 0 Å². The molecular formula is C16H16BrNO3S. The van der Waals surface area contributed by atoms with E-state index < -0.39 is 5.97 Å². The number of aromatic carboxylic acids is 1. The number of thiophene rings is 1. The number of carbonyl (C=O) groups excluding carboxylic acids is 1. The van der Waals surface area contributed by atoms with E-state index >= 15 is 0 Å². The molecule has 4 nitrogen and oxygen atoms in total. The first-order chi connectivity index (χ1) is 10.5. The van der Waals surface area contributed by atoms with Gasteiger partial charge in [0, 0.05) is 15.8 Å². The standard InChI is InChI=1S/C16H16BrNO3S/c1-10-8-11(2-5-13(10)17)3-7-15(19)18-9-12-4-6-14(22-12)16(20)21/h2,4-6,8H,3,7,9H2,1H3,(H,18,19)(H,20,21). The van der Waals surface area contributed by atoms with Crippen LogP contribution in [0.5, 0.6) is 0 Å². The van der Waals surface area contributed by atoms with Gasteiger partial charge in [-0.25, -0.2) is 4.79 Å². The molecule has 0 aliphatic rings. The topological polar surface area (TPSA) is 66.4 Å². The van der Waals surface area contributed by atoms with Gasteiger partial charge in [0.05, 0.1) is 6.54 Å². The highest BCUT2D eigenvalue weighted by molar-refractivity contribution is 9.10. The fourth-order valence-corrected chi connectivity index (χ4v) is 3.02. The van der Waals surface area contributed by atoms with Crippen LogP contribution in [-0.2, 0) is 17.8 Å². The molecule has 1 amide bonds. The molecule has 6 heteroatoms. The molecule has 0 atom stereocenters. The average Bonchev–Trinajstić information content (AvgIpc) is 2.95. The Labute approximate surface area is 141 Å². The van der Waals surface area contributed by atoms with Crippen LogP contribution in [0.25, 0.3) is 0 Å². The molecule has 0 bridgehead atoms. The minimum Gasteiger partial charge on any atom is -0.477 e. The summed E-state index contributed by atoms with van der Waals surface area (Å²) in [6, 6.07) is 9.34. The first-order valence-corrected chi connectivity index (χ1v) is 8.40. The molecule has 0 unspecified atom stereocenters. The third kappa shape index (κ3) is 4.68. The molecule has 0 radical (unpaired) electrons. The molecule has 0 aliphatic heterocycles. The van der Waals surface area contributed by atoms with Crippen LogP contribution in [0, 0.1) is 6.92 Å². The lowest BCUT2D eigenvalue weighted by atomic mass is 10.1. The summed E-state index contributed by atoms with van der Waals surface area (Å²) >= 11 is 4.63. The number of carbonyl (C=O) groups is 2. The number of halogens is 1. The van der Waals surface area contributed by atoms with Gasteiger partial charge in [-0.3, -0.25) is 4.79 Å².